The average molecular weight is 328 g/mol. The molecule has 0 spiro atoms. The summed E-state index contributed by atoms with van der Waals surface area (Å²) in [6.07, 6.45) is 3.17. The van der Waals surface area contributed by atoms with Crippen molar-refractivity contribution in [2.45, 2.75) is 20.8 Å². The number of nitrogens with zero attached hydrogens (tertiary/aromatic N) is 3. The zero-order valence-corrected chi connectivity index (χ0v) is 13.9. The highest BCUT2D eigenvalue weighted by atomic mass is 32.1. The second-order valence-electron chi connectivity index (χ2n) is 5.02. The molecule has 23 heavy (non-hydrogen) atoms. The lowest BCUT2D eigenvalue weighted by atomic mass is 10.2. The molecular formula is C16H16N4O2S. The number of ether oxygens (including phenoxy) is 1. The summed E-state index contributed by atoms with van der Waals surface area (Å²) in [5, 5.41) is 3.60. The molecule has 0 atom stereocenters. The zero-order valence-electron chi connectivity index (χ0n) is 13.1. The summed E-state index contributed by atoms with van der Waals surface area (Å²) in [5.74, 6) is 0.830. The molecule has 6 nitrogen and oxygen atoms in total. The Kier molecular flexibility index (Phi) is 4.20. The normalized spacial score (nSPS) is 10.7. The Labute approximate surface area is 137 Å². The van der Waals surface area contributed by atoms with E-state index in [1.807, 2.05) is 26.8 Å². The molecule has 1 N–H and O–H groups in total. The van der Waals surface area contributed by atoms with Gasteiger partial charge in [-0.05, 0) is 38.0 Å². The van der Waals surface area contributed by atoms with Gasteiger partial charge in [-0.3, -0.25) is 4.79 Å². The maximum atomic E-state index is 12.5. The van der Waals surface area contributed by atoms with E-state index in [0.29, 0.717) is 23.2 Å². The van der Waals surface area contributed by atoms with E-state index in [2.05, 4.69) is 20.3 Å². The lowest BCUT2D eigenvalue weighted by Gasteiger charge is -2.05. The molecule has 0 saturated heterocycles. The molecule has 0 aliphatic heterocycles. The van der Waals surface area contributed by atoms with E-state index in [9.17, 15) is 4.79 Å². The number of aryl methyl sites for hydroxylation is 2. The van der Waals surface area contributed by atoms with Crippen LogP contribution in [0.25, 0.3) is 10.2 Å². The second-order valence-corrected chi connectivity index (χ2v) is 6.02. The molecule has 0 radical (unpaired) electrons. The minimum atomic E-state index is -0.204. The molecule has 0 aliphatic carbocycles. The standard InChI is InChI=1S/C16H16N4O2S/c1-4-22-15-12-10(3)13(23-16(12)19-8-18-15)14(21)20-11-6-5-9(2)7-17-11/h5-8H,4H2,1-3H3,(H,17,20,21). The largest absolute Gasteiger partial charge is 0.477 e. The van der Waals surface area contributed by atoms with E-state index >= 15 is 0 Å². The van der Waals surface area contributed by atoms with Crippen LogP contribution in [-0.4, -0.2) is 27.5 Å². The summed E-state index contributed by atoms with van der Waals surface area (Å²) in [4.78, 5) is 26.4. The van der Waals surface area contributed by atoms with Crippen molar-refractivity contribution in [3.63, 3.8) is 0 Å². The van der Waals surface area contributed by atoms with Gasteiger partial charge < -0.3 is 10.1 Å². The van der Waals surface area contributed by atoms with Crippen LogP contribution < -0.4 is 10.1 Å². The fourth-order valence-corrected chi connectivity index (χ4v) is 3.25. The minimum Gasteiger partial charge on any atom is -0.477 e. The van der Waals surface area contributed by atoms with E-state index in [-0.39, 0.29) is 5.91 Å². The first kappa shape index (κ1) is 15.4. The number of nitrogens with one attached hydrogen (secondary N) is 1. The molecule has 3 aromatic heterocycles. The third kappa shape index (κ3) is 3.00. The number of hydrogen-bond donors (Lipinski definition) is 1. The van der Waals surface area contributed by atoms with Gasteiger partial charge in [0.05, 0.1) is 16.9 Å². The van der Waals surface area contributed by atoms with Crippen molar-refractivity contribution in [2.75, 3.05) is 11.9 Å². The highest BCUT2D eigenvalue weighted by Gasteiger charge is 2.20. The van der Waals surface area contributed by atoms with Gasteiger partial charge in [0.15, 0.2) is 0 Å². The number of carbonyl (C=O) groups excluding carboxylic acids is 1. The van der Waals surface area contributed by atoms with Crippen molar-refractivity contribution in [3.8, 4) is 5.88 Å². The van der Waals surface area contributed by atoms with Crippen molar-refractivity contribution in [2.24, 2.45) is 0 Å². The minimum absolute atomic E-state index is 0.204. The second kappa shape index (κ2) is 6.29. The lowest BCUT2D eigenvalue weighted by molar-refractivity contribution is 0.102. The monoisotopic (exact) mass is 328 g/mol. The quantitative estimate of drug-likeness (QED) is 0.794. The summed E-state index contributed by atoms with van der Waals surface area (Å²) in [5.41, 5.74) is 1.86. The molecule has 0 fully saturated rings. The van der Waals surface area contributed by atoms with Gasteiger partial charge in [0, 0.05) is 6.20 Å². The van der Waals surface area contributed by atoms with Gasteiger partial charge >= 0.3 is 0 Å². The first-order valence-electron chi connectivity index (χ1n) is 7.21. The molecule has 118 valence electrons. The topological polar surface area (TPSA) is 77.0 Å². The number of fused-ring (bicyclic) bond motifs is 1. The Hall–Kier alpha value is -2.54. The Bertz CT molecular complexity index is 858. The Morgan fingerprint density at radius 2 is 2.09 bits per heavy atom. The van der Waals surface area contributed by atoms with Crippen molar-refractivity contribution in [3.05, 3.63) is 40.7 Å². The third-order valence-electron chi connectivity index (χ3n) is 3.33. The van der Waals surface area contributed by atoms with E-state index in [0.717, 1.165) is 21.3 Å². The van der Waals surface area contributed by atoms with Gasteiger partial charge in [0.25, 0.3) is 5.91 Å². The van der Waals surface area contributed by atoms with Crippen LogP contribution in [0.3, 0.4) is 0 Å². The number of hydrogen-bond acceptors (Lipinski definition) is 6. The summed E-state index contributed by atoms with van der Waals surface area (Å²) >= 11 is 1.32. The van der Waals surface area contributed by atoms with Crippen LogP contribution in [0, 0.1) is 13.8 Å². The molecule has 0 bridgehead atoms. The van der Waals surface area contributed by atoms with Gasteiger partial charge in [-0.25, -0.2) is 15.0 Å². The van der Waals surface area contributed by atoms with E-state index < -0.39 is 0 Å². The van der Waals surface area contributed by atoms with Crippen molar-refractivity contribution in [1.29, 1.82) is 0 Å². The number of thiophene rings is 1. The van der Waals surface area contributed by atoms with E-state index in [1.54, 1.807) is 12.3 Å². The van der Waals surface area contributed by atoms with Crippen molar-refractivity contribution in [1.82, 2.24) is 15.0 Å². The van der Waals surface area contributed by atoms with Gasteiger partial charge in [0.2, 0.25) is 5.88 Å². The van der Waals surface area contributed by atoms with Crippen LogP contribution in [0.4, 0.5) is 5.82 Å². The van der Waals surface area contributed by atoms with Gasteiger partial charge in [-0.1, -0.05) is 6.07 Å². The zero-order chi connectivity index (χ0) is 16.4. The molecule has 7 heteroatoms. The fraction of sp³-hybridized carbons (Fsp3) is 0.250. The van der Waals surface area contributed by atoms with Crippen molar-refractivity contribution >= 4 is 33.3 Å². The predicted octanol–water partition coefficient (Wildman–Crippen LogP) is 3.35. The third-order valence-corrected chi connectivity index (χ3v) is 4.53. The maximum absolute atomic E-state index is 12.5. The number of amides is 1. The highest BCUT2D eigenvalue weighted by Crippen LogP contribution is 2.34. The first-order valence-corrected chi connectivity index (χ1v) is 8.02. The maximum Gasteiger partial charge on any atom is 0.267 e. The number of anilines is 1. The smallest absolute Gasteiger partial charge is 0.267 e. The Morgan fingerprint density at radius 1 is 1.26 bits per heavy atom. The number of pyridine rings is 1. The fourth-order valence-electron chi connectivity index (χ4n) is 2.22. The van der Waals surface area contributed by atoms with Crippen molar-refractivity contribution < 1.29 is 9.53 Å². The lowest BCUT2D eigenvalue weighted by Crippen LogP contribution is -2.12. The summed E-state index contributed by atoms with van der Waals surface area (Å²) < 4.78 is 5.54. The number of carbonyl (C=O) groups is 1. The van der Waals surface area contributed by atoms with Crippen LogP contribution in [0.2, 0.25) is 0 Å². The molecule has 0 aromatic carbocycles. The molecule has 0 saturated carbocycles. The van der Waals surface area contributed by atoms with Gasteiger partial charge in [-0.15, -0.1) is 11.3 Å². The van der Waals surface area contributed by atoms with E-state index in [1.165, 1.54) is 17.7 Å². The number of aromatic nitrogens is 3. The SMILES string of the molecule is CCOc1ncnc2sc(C(=O)Nc3ccc(C)cn3)c(C)c12. The van der Waals surface area contributed by atoms with Crippen LogP contribution >= 0.6 is 11.3 Å². The van der Waals surface area contributed by atoms with Crippen LogP contribution in [-0.2, 0) is 0 Å². The number of rotatable bonds is 4. The molecule has 3 heterocycles. The first-order chi connectivity index (χ1) is 11.1. The summed E-state index contributed by atoms with van der Waals surface area (Å²) in [7, 11) is 0. The van der Waals surface area contributed by atoms with Gasteiger partial charge in [0.1, 0.15) is 17.0 Å². The Morgan fingerprint density at radius 3 is 2.78 bits per heavy atom. The molecule has 0 aliphatic rings. The van der Waals surface area contributed by atoms with Crippen LogP contribution in [0.1, 0.15) is 27.7 Å². The van der Waals surface area contributed by atoms with Crippen LogP contribution in [0.15, 0.2) is 24.7 Å². The Balaban J connectivity index is 1.96. The molecule has 0 unspecified atom stereocenters. The molecule has 3 rings (SSSR count). The van der Waals surface area contributed by atoms with E-state index in [4.69, 9.17) is 4.74 Å². The average Bonchev–Trinajstić information content (AvgIpc) is 2.88. The molecule has 3 aromatic rings. The summed E-state index contributed by atoms with van der Waals surface area (Å²) in [6, 6.07) is 3.68. The highest BCUT2D eigenvalue weighted by molar-refractivity contribution is 7.20. The molecule has 1 amide bonds. The van der Waals surface area contributed by atoms with Crippen LogP contribution in [0.5, 0.6) is 5.88 Å². The predicted molar refractivity (Wildman–Crippen MR) is 90.2 cm³/mol. The molecular weight excluding hydrogens is 312 g/mol. The van der Waals surface area contributed by atoms with Gasteiger partial charge in [-0.2, -0.15) is 0 Å². The summed E-state index contributed by atoms with van der Waals surface area (Å²) in [6.45, 7) is 6.23.